The summed E-state index contributed by atoms with van der Waals surface area (Å²) < 4.78 is 0. The smallest absolute Gasteiger partial charge is 0.319 e. The van der Waals surface area contributed by atoms with Crippen molar-refractivity contribution in [3.05, 3.63) is 29.8 Å². The molecule has 0 aliphatic heterocycles. The number of carboxylic acids is 1. The highest BCUT2D eigenvalue weighted by Gasteiger charge is 2.15. The molecule has 1 aromatic rings. The van der Waals surface area contributed by atoms with Crippen molar-refractivity contribution < 1.29 is 14.7 Å². The molecule has 2 amide bonds. The van der Waals surface area contributed by atoms with Crippen LogP contribution in [0.25, 0.3) is 0 Å². The zero-order valence-corrected chi connectivity index (χ0v) is 11.9. The number of nitrogens with zero attached hydrogens (tertiary/aromatic N) is 1. The van der Waals surface area contributed by atoms with Gasteiger partial charge in [-0.1, -0.05) is 25.5 Å². The number of nitriles is 1. The van der Waals surface area contributed by atoms with Gasteiger partial charge in [-0.25, -0.2) is 4.79 Å². The van der Waals surface area contributed by atoms with Crippen molar-refractivity contribution in [2.45, 2.75) is 38.6 Å². The van der Waals surface area contributed by atoms with E-state index in [2.05, 4.69) is 10.6 Å². The molecular formula is C15H19N3O3. The number of nitrogens with one attached hydrogen (secondary N) is 2. The Morgan fingerprint density at radius 1 is 1.33 bits per heavy atom. The molecule has 0 aliphatic rings. The monoisotopic (exact) mass is 289 g/mol. The standard InChI is InChI=1S/C15H19N3O3/c1-2-3-13(10-14(19)20)18-15(21)17-12-6-4-11(5-7-12)8-9-16/h4-7,13H,2-3,8,10H2,1H3,(H,19,20)(H2,17,18,21). The fourth-order valence-corrected chi connectivity index (χ4v) is 1.93. The number of hydrogen-bond donors (Lipinski definition) is 3. The minimum absolute atomic E-state index is 0.0949. The predicted octanol–water partition coefficient (Wildman–Crippen LogP) is 2.52. The van der Waals surface area contributed by atoms with Gasteiger partial charge in [0.25, 0.3) is 0 Å². The maximum absolute atomic E-state index is 11.8. The molecule has 0 aliphatic carbocycles. The molecule has 21 heavy (non-hydrogen) atoms. The summed E-state index contributed by atoms with van der Waals surface area (Å²) in [5.74, 6) is -0.936. The van der Waals surface area contributed by atoms with Crippen LogP contribution in [-0.4, -0.2) is 23.1 Å². The van der Waals surface area contributed by atoms with Crippen molar-refractivity contribution in [3.63, 3.8) is 0 Å². The molecule has 0 bridgehead atoms. The molecule has 1 unspecified atom stereocenters. The Morgan fingerprint density at radius 3 is 2.52 bits per heavy atom. The van der Waals surface area contributed by atoms with E-state index in [-0.39, 0.29) is 12.5 Å². The van der Waals surface area contributed by atoms with Gasteiger partial charge in [-0.15, -0.1) is 0 Å². The number of hydrogen-bond acceptors (Lipinski definition) is 3. The summed E-state index contributed by atoms with van der Waals surface area (Å²) in [5, 5.41) is 22.7. The zero-order valence-electron chi connectivity index (χ0n) is 11.9. The highest BCUT2D eigenvalue weighted by atomic mass is 16.4. The van der Waals surface area contributed by atoms with E-state index in [1.165, 1.54) is 0 Å². The lowest BCUT2D eigenvalue weighted by Gasteiger charge is -2.16. The Hall–Kier alpha value is -2.55. The summed E-state index contributed by atoms with van der Waals surface area (Å²) in [5.41, 5.74) is 1.47. The molecule has 0 radical (unpaired) electrons. The van der Waals surface area contributed by atoms with Crippen LogP contribution < -0.4 is 10.6 Å². The summed E-state index contributed by atoms with van der Waals surface area (Å²) in [4.78, 5) is 22.5. The van der Waals surface area contributed by atoms with Crippen molar-refractivity contribution >= 4 is 17.7 Å². The molecule has 3 N–H and O–H groups in total. The summed E-state index contributed by atoms with van der Waals surface area (Å²) in [7, 11) is 0. The highest BCUT2D eigenvalue weighted by molar-refractivity contribution is 5.89. The first-order valence-electron chi connectivity index (χ1n) is 6.80. The molecule has 0 fully saturated rings. The minimum atomic E-state index is -0.936. The summed E-state index contributed by atoms with van der Waals surface area (Å²) in [6, 6.07) is 8.18. The molecule has 0 saturated heterocycles. The zero-order chi connectivity index (χ0) is 15.7. The first-order valence-corrected chi connectivity index (χ1v) is 6.80. The van der Waals surface area contributed by atoms with Gasteiger partial charge in [0.1, 0.15) is 0 Å². The van der Waals surface area contributed by atoms with E-state index >= 15 is 0 Å². The molecule has 1 atom stereocenters. The largest absolute Gasteiger partial charge is 0.481 e. The average molecular weight is 289 g/mol. The first kappa shape index (κ1) is 16.5. The Balaban J connectivity index is 2.54. The molecule has 6 heteroatoms. The van der Waals surface area contributed by atoms with Crippen molar-refractivity contribution in [2.24, 2.45) is 0 Å². The maximum atomic E-state index is 11.8. The predicted molar refractivity (Wildman–Crippen MR) is 78.9 cm³/mol. The minimum Gasteiger partial charge on any atom is -0.481 e. The number of carbonyl (C=O) groups is 2. The van der Waals surface area contributed by atoms with Crippen LogP contribution in [0.4, 0.5) is 10.5 Å². The molecule has 0 aromatic heterocycles. The van der Waals surface area contributed by atoms with Gasteiger partial charge in [0.05, 0.1) is 18.9 Å². The molecule has 112 valence electrons. The SMILES string of the molecule is CCCC(CC(=O)O)NC(=O)Nc1ccc(CC#N)cc1. The van der Waals surface area contributed by atoms with E-state index in [1.807, 2.05) is 13.0 Å². The second-order valence-electron chi connectivity index (χ2n) is 4.71. The van der Waals surface area contributed by atoms with Gasteiger partial charge in [-0.3, -0.25) is 4.79 Å². The van der Waals surface area contributed by atoms with Gasteiger partial charge in [0.15, 0.2) is 0 Å². The first-order chi connectivity index (χ1) is 10.0. The Kier molecular flexibility index (Phi) is 6.75. The normalized spacial score (nSPS) is 11.2. The topological polar surface area (TPSA) is 102 Å². The van der Waals surface area contributed by atoms with Crippen molar-refractivity contribution in [1.82, 2.24) is 5.32 Å². The Bertz CT molecular complexity index is 520. The van der Waals surface area contributed by atoms with Gasteiger partial charge in [0, 0.05) is 11.7 Å². The van der Waals surface area contributed by atoms with E-state index in [4.69, 9.17) is 10.4 Å². The van der Waals surface area contributed by atoms with Crippen LogP contribution in [-0.2, 0) is 11.2 Å². The second-order valence-corrected chi connectivity index (χ2v) is 4.71. The van der Waals surface area contributed by atoms with Crippen LogP contribution in [0, 0.1) is 11.3 Å². The third-order valence-corrected chi connectivity index (χ3v) is 2.89. The molecule has 0 spiro atoms. The number of anilines is 1. The van der Waals surface area contributed by atoms with Crippen molar-refractivity contribution in [2.75, 3.05) is 5.32 Å². The van der Waals surface area contributed by atoms with Crippen LogP contribution in [0.15, 0.2) is 24.3 Å². The Morgan fingerprint density at radius 2 is 2.00 bits per heavy atom. The lowest BCUT2D eigenvalue weighted by molar-refractivity contribution is -0.137. The van der Waals surface area contributed by atoms with Crippen LogP contribution >= 0.6 is 0 Å². The highest BCUT2D eigenvalue weighted by Crippen LogP contribution is 2.10. The Labute approximate surface area is 123 Å². The van der Waals surface area contributed by atoms with E-state index in [0.717, 1.165) is 12.0 Å². The van der Waals surface area contributed by atoms with Crippen LogP contribution in [0.5, 0.6) is 0 Å². The van der Waals surface area contributed by atoms with Crippen LogP contribution in [0.3, 0.4) is 0 Å². The maximum Gasteiger partial charge on any atom is 0.319 e. The summed E-state index contributed by atoms with van der Waals surface area (Å²) >= 11 is 0. The number of benzene rings is 1. The number of aliphatic carboxylic acids is 1. The number of rotatable bonds is 7. The molecule has 0 heterocycles. The number of amides is 2. The van der Waals surface area contributed by atoms with Crippen molar-refractivity contribution in [3.8, 4) is 6.07 Å². The number of carbonyl (C=O) groups excluding carboxylic acids is 1. The van der Waals surface area contributed by atoms with Gasteiger partial charge in [0.2, 0.25) is 0 Å². The molecule has 0 saturated carbocycles. The number of urea groups is 1. The third kappa shape index (κ3) is 6.43. The molecule has 1 aromatic carbocycles. The third-order valence-electron chi connectivity index (χ3n) is 2.89. The van der Waals surface area contributed by atoms with Gasteiger partial charge >= 0.3 is 12.0 Å². The van der Waals surface area contributed by atoms with Gasteiger partial charge < -0.3 is 15.7 Å². The summed E-state index contributed by atoms with van der Waals surface area (Å²) in [6.45, 7) is 1.93. The van der Waals surface area contributed by atoms with E-state index in [1.54, 1.807) is 24.3 Å². The van der Waals surface area contributed by atoms with Gasteiger partial charge in [-0.2, -0.15) is 5.26 Å². The van der Waals surface area contributed by atoms with Gasteiger partial charge in [-0.05, 0) is 24.1 Å². The lowest BCUT2D eigenvalue weighted by atomic mass is 10.1. The molecule has 1 rings (SSSR count). The van der Waals surface area contributed by atoms with E-state index < -0.39 is 12.0 Å². The van der Waals surface area contributed by atoms with E-state index in [0.29, 0.717) is 18.5 Å². The number of carboxylic acid groups (broad SMARTS) is 1. The van der Waals surface area contributed by atoms with Crippen molar-refractivity contribution in [1.29, 1.82) is 5.26 Å². The van der Waals surface area contributed by atoms with Crippen LogP contribution in [0.1, 0.15) is 31.7 Å². The lowest BCUT2D eigenvalue weighted by Crippen LogP contribution is -2.39. The molecular weight excluding hydrogens is 270 g/mol. The quantitative estimate of drug-likeness (QED) is 0.717. The van der Waals surface area contributed by atoms with E-state index in [9.17, 15) is 9.59 Å². The molecule has 6 nitrogen and oxygen atoms in total. The fourth-order valence-electron chi connectivity index (χ4n) is 1.93. The van der Waals surface area contributed by atoms with Crippen LogP contribution in [0.2, 0.25) is 0 Å². The summed E-state index contributed by atoms with van der Waals surface area (Å²) in [6.07, 6.45) is 1.63. The average Bonchev–Trinajstić information content (AvgIpc) is 2.40. The fraction of sp³-hybridized carbons (Fsp3) is 0.400. The second kappa shape index (κ2) is 8.59.